The molecule has 0 radical (unpaired) electrons. The zero-order valence-electron chi connectivity index (χ0n) is 10.0. The fourth-order valence-electron chi connectivity index (χ4n) is 0.841. The van der Waals surface area contributed by atoms with Crippen LogP contribution in [0.25, 0.3) is 0 Å². The van der Waals surface area contributed by atoms with Crippen LogP contribution >= 0.6 is 0 Å². The molecule has 0 bridgehead atoms. The second kappa shape index (κ2) is 5.13. The summed E-state index contributed by atoms with van der Waals surface area (Å²) in [7, 11) is -1.54. The zero-order chi connectivity index (χ0) is 14.0. The Morgan fingerprint density at radius 1 is 1.33 bits per heavy atom. The van der Waals surface area contributed by atoms with Crippen LogP contribution in [0.3, 0.4) is 0 Å². The van der Waals surface area contributed by atoms with Gasteiger partial charge >= 0.3 is 6.18 Å². The molecule has 0 saturated heterocycles. The summed E-state index contributed by atoms with van der Waals surface area (Å²) in [6.45, 7) is 5.13. The lowest BCUT2D eigenvalue weighted by Crippen LogP contribution is -2.19. The Morgan fingerprint density at radius 3 is 2.44 bits per heavy atom. The molecular formula is C10H12F3N3OS. The second-order valence-electron chi connectivity index (χ2n) is 4.40. The van der Waals surface area contributed by atoms with Gasteiger partial charge < -0.3 is 0 Å². The number of rotatable bonds is 2. The van der Waals surface area contributed by atoms with E-state index in [1.165, 1.54) is 6.07 Å². The minimum Gasteiger partial charge on any atom is -0.234 e. The molecule has 1 heterocycles. The number of halogens is 3. The van der Waals surface area contributed by atoms with E-state index in [0.717, 1.165) is 12.4 Å². The molecule has 1 rings (SSSR count). The van der Waals surface area contributed by atoms with E-state index < -0.39 is 27.7 Å². The van der Waals surface area contributed by atoms with Gasteiger partial charge in [0.15, 0.2) is 0 Å². The average molecular weight is 279 g/mol. The lowest BCUT2D eigenvalue weighted by molar-refractivity contribution is -0.145. The quantitative estimate of drug-likeness (QED) is 0.781. The minimum atomic E-state index is -4.60. The van der Waals surface area contributed by atoms with Crippen molar-refractivity contribution in [3.63, 3.8) is 0 Å². The lowest BCUT2D eigenvalue weighted by Gasteiger charge is -2.12. The largest absolute Gasteiger partial charge is 0.451 e. The molecular weight excluding hydrogens is 267 g/mol. The highest BCUT2D eigenvalue weighted by Gasteiger charge is 2.34. The monoisotopic (exact) mass is 279 g/mol. The van der Waals surface area contributed by atoms with Gasteiger partial charge in [-0.2, -0.15) is 17.6 Å². The van der Waals surface area contributed by atoms with Crippen molar-refractivity contribution in [3.05, 3.63) is 23.8 Å². The van der Waals surface area contributed by atoms with E-state index in [0.29, 0.717) is 0 Å². The van der Waals surface area contributed by atoms with Crippen LogP contribution in [-0.4, -0.2) is 25.1 Å². The van der Waals surface area contributed by atoms with Gasteiger partial charge in [0.05, 0.1) is 16.7 Å². The molecule has 0 aliphatic rings. The summed E-state index contributed by atoms with van der Waals surface area (Å²) in [4.78, 5) is 6.39. The van der Waals surface area contributed by atoms with Crippen molar-refractivity contribution in [1.82, 2.24) is 9.97 Å². The van der Waals surface area contributed by atoms with E-state index in [1.54, 1.807) is 20.8 Å². The van der Waals surface area contributed by atoms with Crippen LogP contribution in [0.1, 0.15) is 32.3 Å². The van der Waals surface area contributed by atoms with Gasteiger partial charge in [0.2, 0.25) is 5.82 Å². The van der Waals surface area contributed by atoms with Gasteiger partial charge in [0.1, 0.15) is 11.0 Å². The van der Waals surface area contributed by atoms with E-state index >= 15 is 0 Å². The molecule has 8 heteroatoms. The Kier molecular flexibility index (Phi) is 4.20. The van der Waals surface area contributed by atoms with E-state index in [2.05, 4.69) is 14.4 Å². The first-order valence-corrected chi connectivity index (χ1v) is 6.07. The highest BCUT2D eigenvalue weighted by atomic mass is 32.2. The highest BCUT2D eigenvalue weighted by molar-refractivity contribution is 7.85. The first-order valence-electron chi connectivity index (χ1n) is 4.97. The maximum absolute atomic E-state index is 12.3. The number of alkyl halides is 3. The molecule has 1 atom stereocenters. The zero-order valence-corrected chi connectivity index (χ0v) is 10.8. The normalized spacial score (nSPS) is 15.0. The average Bonchev–Trinajstić information content (AvgIpc) is 2.23. The molecule has 100 valence electrons. The topological polar surface area (TPSA) is 55.2 Å². The fraction of sp³-hybridized carbons (Fsp3) is 0.500. The SMILES string of the molecule is CC(C)(C)S(=O)N=Cc1ccnc(C(F)(F)F)n1. The minimum absolute atomic E-state index is 0.0325. The predicted octanol–water partition coefficient (Wildman–Crippen LogP) is 2.38. The highest BCUT2D eigenvalue weighted by Crippen LogP contribution is 2.25. The summed E-state index contributed by atoms with van der Waals surface area (Å²) in [6.07, 6.45) is -2.57. The molecule has 0 aliphatic carbocycles. The third-order valence-electron chi connectivity index (χ3n) is 1.74. The van der Waals surface area contributed by atoms with Crippen molar-refractivity contribution < 1.29 is 17.4 Å². The summed E-state index contributed by atoms with van der Waals surface area (Å²) in [6, 6.07) is 1.26. The van der Waals surface area contributed by atoms with Crippen LogP contribution in [0.15, 0.2) is 16.7 Å². The molecule has 0 amide bonds. The molecule has 0 aromatic carbocycles. The lowest BCUT2D eigenvalue weighted by atomic mass is 10.3. The van der Waals surface area contributed by atoms with Crippen molar-refractivity contribution in [2.75, 3.05) is 0 Å². The Balaban J connectivity index is 2.93. The number of hydrogen-bond donors (Lipinski definition) is 0. The second-order valence-corrected chi connectivity index (χ2v) is 6.33. The molecule has 0 saturated carbocycles. The van der Waals surface area contributed by atoms with Crippen LogP contribution in [0.5, 0.6) is 0 Å². The van der Waals surface area contributed by atoms with Crippen molar-refractivity contribution in [2.45, 2.75) is 31.7 Å². The molecule has 0 fully saturated rings. The molecule has 1 unspecified atom stereocenters. The summed E-state index contributed by atoms with van der Waals surface area (Å²) < 4.78 is 51.7. The van der Waals surface area contributed by atoms with Crippen LogP contribution in [0, 0.1) is 0 Å². The molecule has 0 spiro atoms. The van der Waals surface area contributed by atoms with Crippen LogP contribution < -0.4 is 0 Å². The van der Waals surface area contributed by atoms with Gasteiger partial charge in [-0.1, -0.05) is 0 Å². The molecule has 0 N–H and O–H groups in total. The summed E-state index contributed by atoms with van der Waals surface area (Å²) in [5.41, 5.74) is -0.0325. The summed E-state index contributed by atoms with van der Waals surface area (Å²) >= 11 is 0. The van der Waals surface area contributed by atoms with Gasteiger partial charge in [-0.15, -0.1) is 0 Å². The Morgan fingerprint density at radius 2 is 1.94 bits per heavy atom. The van der Waals surface area contributed by atoms with Crippen molar-refractivity contribution in [2.24, 2.45) is 4.40 Å². The van der Waals surface area contributed by atoms with E-state index in [1.807, 2.05) is 0 Å². The number of aromatic nitrogens is 2. The Labute approximate surface area is 105 Å². The molecule has 1 aromatic rings. The van der Waals surface area contributed by atoms with Crippen LogP contribution in [0.2, 0.25) is 0 Å². The molecule has 4 nitrogen and oxygen atoms in total. The first kappa shape index (κ1) is 14.7. The summed E-state index contributed by atoms with van der Waals surface area (Å²) in [5, 5.41) is 0. The maximum atomic E-state index is 12.3. The Hall–Kier alpha value is -1.31. The van der Waals surface area contributed by atoms with E-state index in [4.69, 9.17) is 0 Å². The smallest absolute Gasteiger partial charge is 0.234 e. The standard InChI is InChI=1S/C10H12F3N3OS/c1-9(2,3)18(17)15-6-7-4-5-14-8(16-7)10(11,12)13/h4-6H,1-3H3. The third kappa shape index (κ3) is 4.17. The van der Waals surface area contributed by atoms with Gasteiger partial charge in [0, 0.05) is 6.20 Å². The third-order valence-corrected chi connectivity index (χ3v) is 3.08. The van der Waals surface area contributed by atoms with E-state index in [-0.39, 0.29) is 5.69 Å². The van der Waals surface area contributed by atoms with E-state index in [9.17, 15) is 17.4 Å². The van der Waals surface area contributed by atoms with Gasteiger partial charge in [-0.25, -0.2) is 14.2 Å². The Bertz CT molecular complexity index is 480. The van der Waals surface area contributed by atoms with Gasteiger partial charge in [0.25, 0.3) is 0 Å². The van der Waals surface area contributed by atoms with Crippen LogP contribution in [0.4, 0.5) is 13.2 Å². The van der Waals surface area contributed by atoms with Crippen molar-refractivity contribution in [1.29, 1.82) is 0 Å². The van der Waals surface area contributed by atoms with Crippen LogP contribution in [-0.2, 0) is 17.2 Å². The van der Waals surface area contributed by atoms with Crippen molar-refractivity contribution >= 4 is 17.2 Å². The fourth-order valence-corrected chi connectivity index (χ4v) is 1.36. The molecule has 18 heavy (non-hydrogen) atoms. The number of hydrogen-bond acceptors (Lipinski definition) is 3. The van der Waals surface area contributed by atoms with Crippen molar-refractivity contribution in [3.8, 4) is 0 Å². The summed E-state index contributed by atoms with van der Waals surface area (Å²) in [5.74, 6) is -1.24. The predicted molar refractivity (Wildman–Crippen MR) is 62.5 cm³/mol. The molecule has 1 aromatic heterocycles. The first-order chi connectivity index (χ1) is 8.10. The van der Waals surface area contributed by atoms with Gasteiger partial charge in [-0.3, -0.25) is 0 Å². The maximum Gasteiger partial charge on any atom is 0.451 e. The number of nitrogens with zero attached hydrogens (tertiary/aromatic N) is 3. The molecule has 0 aliphatic heterocycles. The van der Waals surface area contributed by atoms with Gasteiger partial charge in [-0.05, 0) is 26.8 Å².